The van der Waals surface area contributed by atoms with Crippen LogP contribution in [0.15, 0.2) is 6.07 Å². The second-order valence-corrected chi connectivity index (χ2v) is 4.72. The van der Waals surface area contributed by atoms with E-state index in [4.69, 9.17) is 4.74 Å². The molecule has 0 aromatic carbocycles. The quantitative estimate of drug-likeness (QED) is 0.825. The standard InChI is InChI=1S/C13H24N2O2/c1-6-13(4,17-7-2)12(16)9-11-8-10(3)14-15(11)5/h8,12,16H,6-7,9H2,1-5H3. The van der Waals surface area contributed by atoms with Crippen molar-refractivity contribution in [3.05, 3.63) is 17.5 Å². The number of hydrogen-bond donors (Lipinski definition) is 1. The van der Waals surface area contributed by atoms with Crippen LogP contribution in [0.25, 0.3) is 0 Å². The van der Waals surface area contributed by atoms with E-state index in [1.54, 1.807) is 0 Å². The molecule has 98 valence electrons. The van der Waals surface area contributed by atoms with Gasteiger partial charge in [-0.3, -0.25) is 4.68 Å². The summed E-state index contributed by atoms with van der Waals surface area (Å²) < 4.78 is 7.50. The first-order chi connectivity index (χ1) is 7.92. The molecule has 0 aliphatic rings. The molecule has 0 aliphatic heterocycles. The molecule has 0 saturated carbocycles. The van der Waals surface area contributed by atoms with Gasteiger partial charge in [0, 0.05) is 25.8 Å². The molecule has 4 heteroatoms. The predicted octanol–water partition coefficient (Wildman–Crippen LogP) is 1.84. The second-order valence-electron chi connectivity index (χ2n) is 4.72. The smallest absolute Gasteiger partial charge is 0.0913 e. The van der Waals surface area contributed by atoms with Crippen molar-refractivity contribution in [3.63, 3.8) is 0 Å². The maximum atomic E-state index is 10.3. The van der Waals surface area contributed by atoms with Crippen molar-refractivity contribution in [1.29, 1.82) is 0 Å². The van der Waals surface area contributed by atoms with Crippen LogP contribution >= 0.6 is 0 Å². The van der Waals surface area contributed by atoms with Crippen molar-refractivity contribution < 1.29 is 9.84 Å². The Morgan fingerprint density at radius 2 is 2.18 bits per heavy atom. The lowest BCUT2D eigenvalue weighted by Gasteiger charge is -2.33. The van der Waals surface area contributed by atoms with Crippen LogP contribution in [0.1, 0.15) is 38.6 Å². The van der Waals surface area contributed by atoms with Crippen LogP contribution in [-0.2, 0) is 18.2 Å². The predicted molar refractivity (Wildman–Crippen MR) is 68.0 cm³/mol. The molecule has 1 rings (SSSR count). The topological polar surface area (TPSA) is 47.3 Å². The van der Waals surface area contributed by atoms with Crippen LogP contribution in [-0.4, -0.2) is 33.2 Å². The number of hydrogen-bond acceptors (Lipinski definition) is 3. The fourth-order valence-corrected chi connectivity index (χ4v) is 2.03. The summed E-state index contributed by atoms with van der Waals surface area (Å²) in [6, 6.07) is 2.01. The fraction of sp³-hybridized carbons (Fsp3) is 0.769. The molecule has 0 fully saturated rings. The summed E-state index contributed by atoms with van der Waals surface area (Å²) in [5.41, 5.74) is 1.53. The lowest BCUT2D eigenvalue weighted by molar-refractivity contribution is -0.110. The molecule has 1 aromatic heterocycles. The zero-order valence-corrected chi connectivity index (χ0v) is 11.5. The summed E-state index contributed by atoms with van der Waals surface area (Å²) in [5.74, 6) is 0. The van der Waals surface area contributed by atoms with Crippen LogP contribution in [0.3, 0.4) is 0 Å². The summed E-state index contributed by atoms with van der Waals surface area (Å²) in [6.45, 7) is 8.52. The molecule has 1 heterocycles. The van der Waals surface area contributed by atoms with Gasteiger partial charge in [-0.2, -0.15) is 5.10 Å². The van der Waals surface area contributed by atoms with Gasteiger partial charge in [0.05, 0.1) is 17.4 Å². The Hall–Kier alpha value is -0.870. The maximum Gasteiger partial charge on any atom is 0.0913 e. The van der Waals surface area contributed by atoms with Gasteiger partial charge in [0.25, 0.3) is 0 Å². The highest BCUT2D eigenvalue weighted by Crippen LogP contribution is 2.23. The Kier molecular flexibility index (Phi) is 4.71. The third kappa shape index (κ3) is 3.30. The molecular formula is C13H24N2O2. The normalized spacial score (nSPS) is 16.8. The van der Waals surface area contributed by atoms with Gasteiger partial charge in [-0.05, 0) is 33.3 Å². The highest BCUT2D eigenvalue weighted by molar-refractivity contribution is 5.10. The van der Waals surface area contributed by atoms with Gasteiger partial charge in [-0.25, -0.2) is 0 Å². The van der Waals surface area contributed by atoms with Crippen molar-refractivity contribution in [1.82, 2.24) is 9.78 Å². The molecule has 2 atom stereocenters. The van der Waals surface area contributed by atoms with Crippen LogP contribution in [0.5, 0.6) is 0 Å². The number of aryl methyl sites for hydroxylation is 2. The summed E-state index contributed by atoms with van der Waals surface area (Å²) in [6.07, 6.45) is 0.850. The molecule has 4 nitrogen and oxygen atoms in total. The van der Waals surface area contributed by atoms with Gasteiger partial charge in [0.2, 0.25) is 0 Å². The monoisotopic (exact) mass is 240 g/mol. The molecule has 0 aliphatic carbocycles. The van der Waals surface area contributed by atoms with Gasteiger partial charge in [0.1, 0.15) is 0 Å². The lowest BCUT2D eigenvalue weighted by Crippen LogP contribution is -2.43. The first kappa shape index (κ1) is 14.2. The second kappa shape index (κ2) is 5.65. The minimum atomic E-state index is -0.512. The molecule has 0 saturated heterocycles. The highest BCUT2D eigenvalue weighted by Gasteiger charge is 2.32. The largest absolute Gasteiger partial charge is 0.390 e. The minimum absolute atomic E-state index is 0.479. The number of aliphatic hydroxyl groups excluding tert-OH is 1. The first-order valence-corrected chi connectivity index (χ1v) is 6.24. The fourth-order valence-electron chi connectivity index (χ4n) is 2.03. The van der Waals surface area contributed by atoms with Gasteiger partial charge in [-0.15, -0.1) is 0 Å². The van der Waals surface area contributed by atoms with E-state index in [0.29, 0.717) is 13.0 Å². The molecule has 17 heavy (non-hydrogen) atoms. The first-order valence-electron chi connectivity index (χ1n) is 6.24. The Bertz CT molecular complexity index is 362. The van der Waals surface area contributed by atoms with Gasteiger partial charge >= 0.3 is 0 Å². The van der Waals surface area contributed by atoms with Crippen LogP contribution in [0, 0.1) is 6.92 Å². The summed E-state index contributed by atoms with van der Waals surface area (Å²) in [7, 11) is 1.90. The lowest BCUT2D eigenvalue weighted by atomic mass is 9.92. The Morgan fingerprint density at radius 1 is 1.53 bits per heavy atom. The number of aliphatic hydroxyl groups is 1. The van der Waals surface area contributed by atoms with Crippen LogP contribution in [0.2, 0.25) is 0 Å². The molecule has 0 bridgehead atoms. The molecule has 2 unspecified atom stereocenters. The molecule has 0 amide bonds. The van der Waals surface area contributed by atoms with Crippen molar-refractivity contribution >= 4 is 0 Å². The molecule has 0 radical (unpaired) electrons. The molecule has 0 spiro atoms. The van der Waals surface area contributed by atoms with E-state index in [2.05, 4.69) is 5.10 Å². The van der Waals surface area contributed by atoms with Gasteiger partial charge in [-0.1, -0.05) is 6.92 Å². The summed E-state index contributed by atoms with van der Waals surface area (Å²) in [5, 5.41) is 14.6. The third-order valence-electron chi connectivity index (χ3n) is 3.38. The van der Waals surface area contributed by atoms with E-state index < -0.39 is 11.7 Å². The van der Waals surface area contributed by atoms with E-state index >= 15 is 0 Å². The average molecular weight is 240 g/mol. The summed E-state index contributed by atoms with van der Waals surface area (Å²) in [4.78, 5) is 0. The van der Waals surface area contributed by atoms with E-state index in [-0.39, 0.29) is 0 Å². The third-order valence-corrected chi connectivity index (χ3v) is 3.38. The Labute approximate surface area is 104 Å². The Morgan fingerprint density at radius 3 is 2.59 bits per heavy atom. The van der Waals surface area contributed by atoms with Crippen molar-refractivity contribution in [2.75, 3.05) is 6.61 Å². The molecule has 1 N–H and O–H groups in total. The van der Waals surface area contributed by atoms with Crippen LogP contribution < -0.4 is 0 Å². The maximum absolute atomic E-state index is 10.3. The molecular weight excluding hydrogens is 216 g/mol. The van der Waals surface area contributed by atoms with Gasteiger partial charge < -0.3 is 9.84 Å². The zero-order valence-electron chi connectivity index (χ0n) is 11.5. The van der Waals surface area contributed by atoms with Crippen molar-refractivity contribution in [3.8, 4) is 0 Å². The highest BCUT2D eigenvalue weighted by atomic mass is 16.5. The number of rotatable bonds is 6. The van der Waals surface area contributed by atoms with E-state index in [1.807, 2.05) is 45.5 Å². The number of nitrogens with zero attached hydrogens (tertiary/aromatic N) is 2. The average Bonchev–Trinajstić information content (AvgIpc) is 2.57. The van der Waals surface area contributed by atoms with Gasteiger partial charge in [0.15, 0.2) is 0 Å². The minimum Gasteiger partial charge on any atom is -0.390 e. The number of ether oxygens (including phenoxy) is 1. The van der Waals surface area contributed by atoms with Crippen molar-refractivity contribution in [2.24, 2.45) is 7.05 Å². The molecule has 1 aromatic rings. The van der Waals surface area contributed by atoms with Crippen LogP contribution in [0.4, 0.5) is 0 Å². The number of aromatic nitrogens is 2. The Balaban J connectivity index is 2.76. The zero-order chi connectivity index (χ0) is 13.1. The summed E-state index contributed by atoms with van der Waals surface area (Å²) >= 11 is 0. The van der Waals surface area contributed by atoms with E-state index in [9.17, 15) is 5.11 Å². The van der Waals surface area contributed by atoms with E-state index in [0.717, 1.165) is 17.8 Å². The van der Waals surface area contributed by atoms with Crippen molar-refractivity contribution in [2.45, 2.75) is 52.2 Å². The van der Waals surface area contributed by atoms with E-state index in [1.165, 1.54) is 0 Å². The SMILES string of the molecule is CCOC(C)(CC)C(O)Cc1cc(C)nn1C.